The lowest BCUT2D eigenvalue weighted by Gasteiger charge is -2.21. The molecule has 0 spiro atoms. The van der Waals surface area contributed by atoms with Crippen LogP contribution in [0.1, 0.15) is 20.8 Å². The molecular formula is C10H16N2O5. The van der Waals surface area contributed by atoms with Crippen molar-refractivity contribution >= 4 is 12.1 Å². The average Bonchev–Trinajstić information content (AvgIpc) is 2.13. The molecule has 0 rings (SSSR count). The summed E-state index contributed by atoms with van der Waals surface area (Å²) >= 11 is 0. The molecule has 0 radical (unpaired) electrons. The maximum Gasteiger partial charge on any atom is 0.408 e. The predicted octanol–water partition coefficient (Wildman–Crippen LogP) is 0.504. The molecular weight excluding hydrogens is 228 g/mol. The highest BCUT2D eigenvalue weighted by Gasteiger charge is 2.23. The molecule has 0 aromatic heterocycles. The number of nitrogens with zero attached hydrogens (tertiary/aromatic N) is 1. The Morgan fingerprint density at radius 1 is 1.47 bits per heavy atom. The van der Waals surface area contributed by atoms with Crippen LogP contribution in [0.4, 0.5) is 4.79 Å². The Kier molecular flexibility index (Phi) is 5.99. The van der Waals surface area contributed by atoms with Crippen LogP contribution in [-0.2, 0) is 14.3 Å². The Labute approximate surface area is 99.3 Å². The highest BCUT2D eigenvalue weighted by Crippen LogP contribution is 2.06. The lowest BCUT2D eigenvalue weighted by molar-refractivity contribution is -0.141. The second kappa shape index (κ2) is 6.70. The quantitative estimate of drug-likeness (QED) is 0.682. The minimum Gasteiger partial charge on any atom is -0.480 e. The number of carboxylic acid groups (broad SMARTS) is 1. The number of hydrogen-bond donors (Lipinski definition) is 2. The summed E-state index contributed by atoms with van der Waals surface area (Å²) in [5, 5.41) is 19.1. The lowest BCUT2D eigenvalue weighted by atomic mass is 10.2. The molecule has 0 aliphatic carbocycles. The molecule has 17 heavy (non-hydrogen) atoms. The summed E-state index contributed by atoms with van der Waals surface area (Å²) in [5.74, 6) is -1.26. The van der Waals surface area contributed by atoms with Gasteiger partial charge in [0.2, 0.25) is 0 Å². The second-order valence-electron chi connectivity index (χ2n) is 4.21. The number of alkyl carbamates (subject to hydrolysis) is 1. The van der Waals surface area contributed by atoms with E-state index in [0.29, 0.717) is 0 Å². The van der Waals surface area contributed by atoms with Crippen LogP contribution in [-0.4, -0.2) is 42.0 Å². The highest BCUT2D eigenvalue weighted by molar-refractivity contribution is 5.80. The second-order valence-corrected chi connectivity index (χ2v) is 4.21. The standard InChI is InChI=1S/C10H16N2O5/c1-10(2,3)17-9(15)12-7(8(13)14)6-16-5-4-11/h7H,5-6H2,1-3H3,(H,12,15)(H,13,14). The van der Waals surface area contributed by atoms with Crippen molar-refractivity contribution < 1.29 is 24.2 Å². The molecule has 2 N–H and O–H groups in total. The third-order valence-corrected chi connectivity index (χ3v) is 1.44. The van der Waals surface area contributed by atoms with Crippen molar-refractivity contribution in [1.82, 2.24) is 5.32 Å². The summed E-state index contributed by atoms with van der Waals surface area (Å²) in [6.45, 7) is 4.46. The van der Waals surface area contributed by atoms with Gasteiger partial charge in [0.1, 0.15) is 12.2 Å². The van der Waals surface area contributed by atoms with Crippen molar-refractivity contribution in [1.29, 1.82) is 5.26 Å². The fourth-order valence-corrected chi connectivity index (χ4v) is 0.847. The molecule has 7 heteroatoms. The first-order valence-electron chi connectivity index (χ1n) is 4.93. The smallest absolute Gasteiger partial charge is 0.408 e. The van der Waals surface area contributed by atoms with Gasteiger partial charge < -0.3 is 19.9 Å². The third-order valence-electron chi connectivity index (χ3n) is 1.44. The van der Waals surface area contributed by atoms with E-state index in [9.17, 15) is 9.59 Å². The van der Waals surface area contributed by atoms with Gasteiger partial charge in [-0.25, -0.2) is 9.59 Å². The Bertz CT molecular complexity index is 316. The number of amides is 1. The van der Waals surface area contributed by atoms with Crippen LogP contribution in [0.2, 0.25) is 0 Å². The van der Waals surface area contributed by atoms with E-state index in [0.717, 1.165) is 0 Å². The normalized spacial score (nSPS) is 12.4. The summed E-state index contributed by atoms with van der Waals surface area (Å²) in [4.78, 5) is 22.1. The minimum atomic E-state index is -1.26. The number of nitriles is 1. The first kappa shape index (κ1) is 15.2. The molecule has 7 nitrogen and oxygen atoms in total. The summed E-state index contributed by atoms with van der Waals surface area (Å²) in [6.07, 6.45) is -0.842. The Balaban J connectivity index is 4.22. The van der Waals surface area contributed by atoms with Gasteiger partial charge in [-0.2, -0.15) is 5.26 Å². The lowest BCUT2D eigenvalue weighted by Crippen LogP contribution is -2.46. The van der Waals surface area contributed by atoms with Gasteiger partial charge in [-0.05, 0) is 20.8 Å². The molecule has 0 aromatic rings. The first-order chi connectivity index (χ1) is 7.76. The van der Waals surface area contributed by atoms with Crippen molar-refractivity contribution in [3.8, 4) is 6.07 Å². The van der Waals surface area contributed by atoms with Gasteiger partial charge in [0.25, 0.3) is 0 Å². The fraction of sp³-hybridized carbons (Fsp3) is 0.700. The molecule has 0 aliphatic heterocycles. The molecule has 96 valence electrons. The maximum absolute atomic E-state index is 11.3. The average molecular weight is 244 g/mol. The molecule has 0 fully saturated rings. The fourth-order valence-electron chi connectivity index (χ4n) is 0.847. The van der Waals surface area contributed by atoms with Gasteiger partial charge in [-0.1, -0.05) is 0 Å². The van der Waals surface area contributed by atoms with E-state index in [1.54, 1.807) is 26.8 Å². The van der Waals surface area contributed by atoms with Gasteiger partial charge in [-0.15, -0.1) is 0 Å². The number of hydrogen-bond acceptors (Lipinski definition) is 5. The minimum absolute atomic E-state index is 0.236. The summed E-state index contributed by atoms with van der Waals surface area (Å²) in [6, 6.07) is 0.457. The zero-order chi connectivity index (χ0) is 13.5. The van der Waals surface area contributed by atoms with Gasteiger partial charge in [0, 0.05) is 0 Å². The number of aliphatic carboxylic acids is 1. The van der Waals surface area contributed by atoms with E-state index < -0.39 is 23.7 Å². The molecule has 1 amide bonds. The Morgan fingerprint density at radius 2 is 2.06 bits per heavy atom. The number of nitrogens with one attached hydrogen (secondary N) is 1. The van der Waals surface area contributed by atoms with Crippen molar-refractivity contribution in [2.75, 3.05) is 13.2 Å². The van der Waals surface area contributed by atoms with Crippen molar-refractivity contribution in [3.05, 3.63) is 0 Å². The number of carbonyl (C=O) groups excluding carboxylic acids is 1. The highest BCUT2D eigenvalue weighted by atomic mass is 16.6. The molecule has 0 aromatic carbocycles. The Hall–Kier alpha value is -1.81. The van der Waals surface area contributed by atoms with Gasteiger partial charge in [0.05, 0.1) is 12.7 Å². The largest absolute Gasteiger partial charge is 0.480 e. The van der Waals surface area contributed by atoms with Crippen LogP contribution >= 0.6 is 0 Å². The summed E-state index contributed by atoms with van der Waals surface area (Å²) in [7, 11) is 0. The van der Waals surface area contributed by atoms with Crippen molar-refractivity contribution in [2.45, 2.75) is 32.4 Å². The topological polar surface area (TPSA) is 109 Å². The van der Waals surface area contributed by atoms with Gasteiger partial charge in [0.15, 0.2) is 6.04 Å². The Morgan fingerprint density at radius 3 is 2.47 bits per heavy atom. The SMILES string of the molecule is CC(C)(C)OC(=O)NC(COCC#N)C(=O)O. The van der Waals surface area contributed by atoms with Crippen LogP contribution in [0.25, 0.3) is 0 Å². The zero-order valence-electron chi connectivity index (χ0n) is 10.0. The number of ether oxygens (including phenoxy) is 2. The van der Waals surface area contributed by atoms with Crippen LogP contribution in [0, 0.1) is 11.3 Å². The van der Waals surface area contributed by atoms with Crippen LogP contribution in [0.5, 0.6) is 0 Å². The van der Waals surface area contributed by atoms with E-state index in [2.05, 4.69) is 5.32 Å². The van der Waals surface area contributed by atoms with Crippen molar-refractivity contribution in [3.63, 3.8) is 0 Å². The van der Waals surface area contributed by atoms with Gasteiger partial charge >= 0.3 is 12.1 Å². The first-order valence-corrected chi connectivity index (χ1v) is 4.93. The molecule has 0 saturated heterocycles. The molecule has 0 saturated carbocycles. The molecule has 0 bridgehead atoms. The molecule has 1 atom stereocenters. The van der Waals surface area contributed by atoms with Crippen LogP contribution in [0.15, 0.2) is 0 Å². The number of carbonyl (C=O) groups is 2. The van der Waals surface area contributed by atoms with Crippen LogP contribution < -0.4 is 5.32 Å². The maximum atomic E-state index is 11.3. The van der Waals surface area contributed by atoms with Gasteiger partial charge in [-0.3, -0.25) is 0 Å². The number of carboxylic acids is 1. The molecule has 1 unspecified atom stereocenters. The monoisotopic (exact) mass is 244 g/mol. The van der Waals surface area contributed by atoms with E-state index in [-0.39, 0.29) is 13.2 Å². The third kappa shape index (κ3) is 8.04. The molecule has 0 heterocycles. The predicted molar refractivity (Wildman–Crippen MR) is 57.2 cm³/mol. The summed E-state index contributed by atoms with van der Waals surface area (Å²) in [5.41, 5.74) is -0.708. The van der Waals surface area contributed by atoms with E-state index in [4.69, 9.17) is 19.8 Å². The van der Waals surface area contributed by atoms with E-state index in [1.165, 1.54) is 0 Å². The van der Waals surface area contributed by atoms with E-state index in [1.807, 2.05) is 0 Å². The zero-order valence-corrected chi connectivity index (χ0v) is 10.0. The van der Waals surface area contributed by atoms with Crippen molar-refractivity contribution in [2.24, 2.45) is 0 Å². The van der Waals surface area contributed by atoms with E-state index >= 15 is 0 Å². The van der Waals surface area contributed by atoms with Crippen LogP contribution in [0.3, 0.4) is 0 Å². The molecule has 0 aliphatic rings. The summed E-state index contributed by atoms with van der Waals surface area (Å²) < 4.78 is 9.62. The number of rotatable bonds is 5.